The number of amides is 1. The maximum Gasteiger partial charge on any atom is 0.279 e. The summed E-state index contributed by atoms with van der Waals surface area (Å²) >= 11 is 0. The Morgan fingerprint density at radius 3 is 2.43 bits per heavy atom. The molecule has 3 N–H and O–H groups in total. The van der Waals surface area contributed by atoms with Crippen LogP contribution in [0.1, 0.15) is 17.9 Å². The third kappa shape index (κ3) is 4.81. The van der Waals surface area contributed by atoms with E-state index in [1.807, 2.05) is 0 Å². The Balaban J connectivity index is 1.87. The molecule has 21 heavy (non-hydrogen) atoms. The van der Waals surface area contributed by atoms with Crippen molar-refractivity contribution in [2.75, 3.05) is 0 Å². The highest BCUT2D eigenvalue weighted by Crippen LogP contribution is 1.99. The van der Waals surface area contributed by atoms with Gasteiger partial charge in [-0.3, -0.25) is 4.79 Å². The van der Waals surface area contributed by atoms with Crippen molar-refractivity contribution in [3.05, 3.63) is 48.3 Å². The second kappa shape index (κ2) is 7.30. The molecule has 2 aromatic rings. The molecule has 0 aliphatic rings. The largest absolute Gasteiger partial charge is 0.550 e. The van der Waals surface area contributed by atoms with E-state index in [4.69, 9.17) is 8.83 Å². The molecule has 1 atom stereocenters. The maximum atomic E-state index is 12.0. The average molecular weight is 292 g/mol. The molecule has 0 aromatic carbocycles. The summed E-state index contributed by atoms with van der Waals surface area (Å²) in [6.07, 6.45) is 2.65. The van der Waals surface area contributed by atoms with E-state index in [1.165, 1.54) is 12.5 Å². The Bertz CT molecular complexity index is 562. The fraction of sp³-hybridized carbons (Fsp3) is 0.286. The minimum atomic E-state index is -1.27. The topological polar surface area (TPSA) is 112 Å². The summed E-state index contributed by atoms with van der Waals surface area (Å²) < 4.78 is 10.2. The second-order valence-corrected chi connectivity index (χ2v) is 4.50. The molecular formula is C14H16N2O5. The third-order valence-electron chi connectivity index (χ3n) is 2.92. The number of nitrogens with one attached hydrogen (secondary N) is 1. The molecule has 0 bridgehead atoms. The number of quaternary nitrogens is 1. The van der Waals surface area contributed by atoms with Gasteiger partial charge in [0.05, 0.1) is 19.1 Å². The molecule has 0 radical (unpaired) electrons. The van der Waals surface area contributed by atoms with Gasteiger partial charge in [0.1, 0.15) is 12.3 Å². The molecule has 0 aliphatic heterocycles. The number of furan rings is 2. The fourth-order valence-electron chi connectivity index (χ4n) is 1.87. The van der Waals surface area contributed by atoms with Crippen molar-refractivity contribution < 1.29 is 28.8 Å². The first kappa shape index (κ1) is 14.9. The van der Waals surface area contributed by atoms with Crippen LogP contribution in [-0.2, 0) is 22.7 Å². The van der Waals surface area contributed by atoms with Crippen LogP contribution in [0.4, 0.5) is 0 Å². The molecule has 0 spiro atoms. The van der Waals surface area contributed by atoms with Gasteiger partial charge in [0, 0.05) is 12.4 Å². The van der Waals surface area contributed by atoms with Crippen molar-refractivity contribution >= 4 is 11.9 Å². The molecule has 1 amide bonds. The van der Waals surface area contributed by atoms with E-state index in [9.17, 15) is 14.7 Å². The zero-order valence-electron chi connectivity index (χ0n) is 11.3. The van der Waals surface area contributed by atoms with E-state index in [0.717, 1.165) is 0 Å². The number of rotatable bonds is 8. The highest BCUT2D eigenvalue weighted by Gasteiger charge is 2.22. The summed E-state index contributed by atoms with van der Waals surface area (Å²) in [5, 5.41) is 15.0. The Labute approximate surface area is 120 Å². The van der Waals surface area contributed by atoms with E-state index >= 15 is 0 Å². The Morgan fingerprint density at radius 2 is 1.86 bits per heavy atom. The van der Waals surface area contributed by atoms with Gasteiger partial charge in [-0.1, -0.05) is 0 Å². The lowest BCUT2D eigenvalue weighted by Gasteiger charge is -2.15. The summed E-state index contributed by atoms with van der Waals surface area (Å²) in [5.41, 5.74) is 0. The number of nitrogens with two attached hydrogens (primary N) is 1. The van der Waals surface area contributed by atoms with E-state index < -0.39 is 12.0 Å². The van der Waals surface area contributed by atoms with E-state index in [1.54, 1.807) is 29.6 Å². The molecule has 0 unspecified atom stereocenters. The monoisotopic (exact) mass is 292 g/mol. The fourth-order valence-corrected chi connectivity index (χ4v) is 1.87. The number of hydrogen-bond donors (Lipinski definition) is 2. The quantitative estimate of drug-likeness (QED) is 0.632. The van der Waals surface area contributed by atoms with Gasteiger partial charge in [0.2, 0.25) is 0 Å². The Morgan fingerprint density at radius 1 is 1.19 bits per heavy atom. The molecular weight excluding hydrogens is 276 g/mol. The lowest BCUT2D eigenvalue weighted by molar-refractivity contribution is -0.693. The van der Waals surface area contributed by atoms with Gasteiger partial charge >= 0.3 is 0 Å². The zero-order chi connectivity index (χ0) is 15.1. The van der Waals surface area contributed by atoms with Gasteiger partial charge in [0.25, 0.3) is 5.91 Å². The summed E-state index contributed by atoms with van der Waals surface area (Å²) in [6, 6.07) is 6.14. The highest BCUT2D eigenvalue weighted by atomic mass is 16.4. The van der Waals surface area contributed by atoms with Crippen LogP contribution in [0.3, 0.4) is 0 Å². The van der Waals surface area contributed by atoms with Crippen LogP contribution in [0, 0.1) is 0 Å². The van der Waals surface area contributed by atoms with Crippen LogP contribution in [0.15, 0.2) is 45.6 Å². The van der Waals surface area contributed by atoms with Crippen LogP contribution in [0.25, 0.3) is 0 Å². The van der Waals surface area contributed by atoms with Gasteiger partial charge in [-0.15, -0.1) is 0 Å². The Hall–Kier alpha value is -2.54. The number of carbonyl (C=O) groups excluding carboxylic acids is 2. The number of carboxylic acids is 1. The van der Waals surface area contributed by atoms with Gasteiger partial charge in [-0.2, -0.15) is 0 Å². The summed E-state index contributed by atoms with van der Waals surface area (Å²) in [7, 11) is 0. The van der Waals surface area contributed by atoms with Crippen molar-refractivity contribution in [1.82, 2.24) is 5.32 Å². The molecule has 0 aliphatic carbocycles. The lowest BCUT2D eigenvalue weighted by Crippen LogP contribution is -2.91. The van der Waals surface area contributed by atoms with Crippen LogP contribution in [0.5, 0.6) is 0 Å². The summed E-state index contributed by atoms with van der Waals surface area (Å²) in [5.74, 6) is -0.398. The van der Waals surface area contributed by atoms with Gasteiger partial charge in [0.15, 0.2) is 11.8 Å². The van der Waals surface area contributed by atoms with Gasteiger partial charge in [-0.05, 0) is 24.3 Å². The highest BCUT2D eigenvalue weighted by molar-refractivity contribution is 5.84. The van der Waals surface area contributed by atoms with Crippen molar-refractivity contribution in [2.45, 2.75) is 25.6 Å². The zero-order valence-corrected chi connectivity index (χ0v) is 11.3. The molecule has 2 rings (SSSR count). The number of carboxylic acid groups (broad SMARTS) is 1. The van der Waals surface area contributed by atoms with E-state index in [0.29, 0.717) is 18.1 Å². The number of carbonyl (C=O) groups is 2. The minimum Gasteiger partial charge on any atom is -0.550 e. The standard InChI is InChI=1S/C14H16N2O5/c17-13(18)7-12(15-8-10-3-1-5-20-10)14(19)16-9-11-4-2-6-21-11/h1-6,12,15H,7-9H2,(H,16,19)(H,17,18)/t12-/m1/s1. The number of aliphatic carboxylic acids is 1. The second-order valence-electron chi connectivity index (χ2n) is 4.50. The molecule has 0 fully saturated rings. The first-order valence-corrected chi connectivity index (χ1v) is 6.51. The molecule has 0 saturated heterocycles. The van der Waals surface area contributed by atoms with E-state index in [-0.39, 0.29) is 18.9 Å². The van der Waals surface area contributed by atoms with Crippen LogP contribution >= 0.6 is 0 Å². The van der Waals surface area contributed by atoms with Crippen molar-refractivity contribution in [1.29, 1.82) is 0 Å². The first-order chi connectivity index (χ1) is 10.1. The van der Waals surface area contributed by atoms with Gasteiger partial charge < -0.3 is 29.4 Å². The summed E-state index contributed by atoms with van der Waals surface area (Å²) in [6.45, 7) is 0.586. The molecule has 7 nitrogen and oxygen atoms in total. The minimum absolute atomic E-state index is 0.212. The maximum absolute atomic E-state index is 12.0. The molecule has 2 aromatic heterocycles. The van der Waals surface area contributed by atoms with Crippen molar-refractivity contribution in [2.24, 2.45) is 0 Å². The smallest absolute Gasteiger partial charge is 0.279 e. The SMILES string of the molecule is O=C([O-])C[C@@H]([NH2+]Cc1ccco1)C(=O)NCc1ccco1. The molecule has 2 heterocycles. The van der Waals surface area contributed by atoms with E-state index in [2.05, 4.69) is 5.32 Å². The van der Waals surface area contributed by atoms with Crippen LogP contribution in [-0.4, -0.2) is 17.9 Å². The molecule has 112 valence electrons. The molecule has 0 saturated carbocycles. The van der Waals surface area contributed by atoms with Crippen molar-refractivity contribution in [3.63, 3.8) is 0 Å². The number of hydrogen-bond acceptors (Lipinski definition) is 5. The van der Waals surface area contributed by atoms with Gasteiger partial charge in [-0.25, -0.2) is 0 Å². The Kier molecular flexibility index (Phi) is 5.16. The lowest BCUT2D eigenvalue weighted by atomic mass is 10.2. The predicted octanol–water partition coefficient (Wildman–Crippen LogP) is -1.24. The van der Waals surface area contributed by atoms with Crippen molar-refractivity contribution in [3.8, 4) is 0 Å². The average Bonchev–Trinajstić information content (AvgIpc) is 3.13. The van der Waals surface area contributed by atoms with Crippen LogP contribution in [0.2, 0.25) is 0 Å². The van der Waals surface area contributed by atoms with Crippen LogP contribution < -0.4 is 15.7 Å². The molecule has 7 heteroatoms. The predicted molar refractivity (Wildman–Crippen MR) is 68.3 cm³/mol. The first-order valence-electron chi connectivity index (χ1n) is 6.51. The normalized spacial score (nSPS) is 12.0. The summed E-state index contributed by atoms with van der Waals surface area (Å²) in [4.78, 5) is 22.8. The third-order valence-corrected chi connectivity index (χ3v) is 2.92.